The van der Waals surface area contributed by atoms with E-state index in [1.165, 1.54) is 0 Å². The monoisotopic (exact) mass is 280 g/mol. The first kappa shape index (κ1) is 16.7. The molecular formula is C16H26NO3-. The van der Waals surface area contributed by atoms with E-state index in [1.54, 1.807) is 0 Å². The van der Waals surface area contributed by atoms with Crippen LogP contribution >= 0.6 is 0 Å². The highest BCUT2D eigenvalue weighted by atomic mass is 16.4. The number of nitrogens with one attached hydrogen (secondary N) is 1. The minimum Gasteiger partial charge on any atom is -0.550 e. The van der Waals surface area contributed by atoms with Gasteiger partial charge in [-0.05, 0) is 39.0 Å². The Kier molecular flexibility index (Phi) is 5.00. The van der Waals surface area contributed by atoms with Gasteiger partial charge in [0, 0.05) is 23.8 Å². The second kappa shape index (κ2) is 5.98. The molecule has 4 nitrogen and oxygen atoms in total. The van der Waals surface area contributed by atoms with Crippen LogP contribution in [0.1, 0.15) is 54.4 Å². The molecule has 1 N–H and O–H groups in total. The summed E-state index contributed by atoms with van der Waals surface area (Å²) in [6, 6.07) is -0.00952. The van der Waals surface area contributed by atoms with Crippen molar-refractivity contribution in [3.05, 3.63) is 11.1 Å². The van der Waals surface area contributed by atoms with Crippen LogP contribution in [-0.2, 0) is 9.59 Å². The third-order valence-electron chi connectivity index (χ3n) is 4.56. The lowest BCUT2D eigenvalue weighted by Gasteiger charge is -2.35. The Balaban J connectivity index is 2.87. The molecule has 0 aromatic carbocycles. The van der Waals surface area contributed by atoms with Gasteiger partial charge in [-0.3, -0.25) is 4.79 Å². The van der Waals surface area contributed by atoms with Crippen LogP contribution in [0, 0.1) is 17.3 Å². The SMILES string of the molecule is CC1=C(C)C[C@H](C(=O)N[C@@H](C)C(C)(C)C)[C@@H](C(=O)[O-])C1. The van der Waals surface area contributed by atoms with Gasteiger partial charge in [0.1, 0.15) is 0 Å². The molecule has 0 heterocycles. The van der Waals surface area contributed by atoms with E-state index in [0.717, 1.165) is 11.1 Å². The van der Waals surface area contributed by atoms with E-state index in [2.05, 4.69) is 5.32 Å². The van der Waals surface area contributed by atoms with Gasteiger partial charge in [-0.25, -0.2) is 0 Å². The number of carbonyl (C=O) groups excluding carboxylic acids is 2. The first-order valence-electron chi connectivity index (χ1n) is 7.20. The van der Waals surface area contributed by atoms with Crippen LogP contribution in [0.5, 0.6) is 0 Å². The lowest BCUT2D eigenvalue weighted by molar-refractivity contribution is -0.313. The van der Waals surface area contributed by atoms with Crippen LogP contribution in [0.25, 0.3) is 0 Å². The van der Waals surface area contributed by atoms with Crippen LogP contribution in [0.15, 0.2) is 11.1 Å². The normalized spacial score (nSPS) is 25.3. The van der Waals surface area contributed by atoms with Crippen molar-refractivity contribution in [1.29, 1.82) is 0 Å². The molecule has 0 spiro atoms. The highest BCUT2D eigenvalue weighted by molar-refractivity contribution is 5.85. The average Bonchev–Trinajstić information content (AvgIpc) is 2.30. The summed E-state index contributed by atoms with van der Waals surface area (Å²) in [5.41, 5.74) is 2.13. The minimum atomic E-state index is -1.12. The molecule has 3 atom stereocenters. The van der Waals surface area contributed by atoms with Gasteiger partial charge < -0.3 is 15.2 Å². The Bertz CT molecular complexity index is 431. The van der Waals surface area contributed by atoms with Crippen LogP contribution < -0.4 is 10.4 Å². The van der Waals surface area contributed by atoms with Gasteiger partial charge in [0.2, 0.25) is 5.91 Å². The molecule has 0 unspecified atom stereocenters. The molecule has 4 heteroatoms. The van der Waals surface area contributed by atoms with Crippen molar-refractivity contribution in [3.63, 3.8) is 0 Å². The van der Waals surface area contributed by atoms with Gasteiger partial charge in [-0.1, -0.05) is 31.9 Å². The molecule has 0 aromatic heterocycles. The van der Waals surface area contributed by atoms with Gasteiger partial charge in [-0.15, -0.1) is 0 Å². The molecule has 0 bridgehead atoms. The molecule has 0 aromatic rings. The molecule has 114 valence electrons. The smallest absolute Gasteiger partial charge is 0.224 e. The fourth-order valence-electron chi connectivity index (χ4n) is 2.35. The van der Waals surface area contributed by atoms with E-state index in [4.69, 9.17) is 0 Å². The van der Waals surface area contributed by atoms with Crippen molar-refractivity contribution in [3.8, 4) is 0 Å². The average molecular weight is 280 g/mol. The van der Waals surface area contributed by atoms with E-state index in [0.29, 0.717) is 12.8 Å². The predicted molar refractivity (Wildman–Crippen MR) is 76.7 cm³/mol. The van der Waals surface area contributed by atoms with Crippen LogP contribution in [-0.4, -0.2) is 17.9 Å². The Labute approximate surface area is 121 Å². The topological polar surface area (TPSA) is 69.2 Å². The third-order valence-corrected chi connectivity index (χ3v) is 4.56. The highest BCUT2D eigenvalue weighted by Gasteiger charge is 2.35. The van der Waals surface area contributed by atoms with Gasteiger partial charge in [-0.2, -0.15) is 0 Å². The number of amides is 1. The quantitative estimate of drug-likeness (QED) is 0.799. The Morgan fingerprint density at radius 3 is 2.00 bits per heavy atom. The third kappa shape index (κ3) is 3.84. The zero-order chi connectivity index (χ0) is 15.7. The van der Waals surface area contributed by atoms with E-state index in [1.807, 2.05) is 41.5 Å². The predicted octanol–water partition coefficient (Wildman–Crippen LogP) is 1.65. The fraction of sp³-hybridized carbons (Fsp3) is 0.750. The van der Waals surface area contributed by atoms with Crippen molar-refractivity contribution in [2.24, 2.45) is 17.3 Å². The fourth-order valence-corrected chi connectivity index (χ4v) is 2.35. The summed E-state index contributed by atoms with van der Waals surface area (Å²) in [6.45, 7) is 12.0. The Morgan fingerprint density at radius 2 is 1.60 bits per heavy atom. The van der Waals surface area contributed by atoms with Crippen molar-refractivity contribution < 1.29 is 14.7 Å². The number of hydrogen-bond donors (Lipinski definition) is 1. The zero-order valence-electron chi connectivity index (χ0n) is 13.4. The summed E-state index contributed by atoms with van der Waals surface area (Å²) in [5, 5.41) is 14.2. The number of carbonyl (C=O) groups is 2. The van der Waals surface area contributed by atoms with Crippen molar-refractivity contribution in [2.45, 2.75) is 60.4 Å². The van der Waals surface area contributed by atoms with E-state index in [-0.39, 0.29) is 17.4 Å². The maximum absolute atomic E-state index is 12.4. The largest absolute Gasteiger partial charge is 0.550 e. The van der Waals surface area contributed by atoms with Crippen molar-refractivity contribution in [1.82, 2.24) is 5.32 Å². The summed E-state index contributed by atoms with van der Waals surface area (Å²) in [6.07, 6.45) is 0.920. The van der Waals surface area contributed by atoms with Gasteiger partial charge >= 0.3 is 0 Å². The second-order valence-electron chi connectivity index (χ2n) is 7.10. The molecule has 20 heavy (non-hydrogen) atoms. The van der Waals surface area contributed by atoms with Crippen LogP contribution in [0.4, 0.5) is 0 Å². The summed E-state index contributed by atoms with van der Waals surface area (Å²) >= 11 is 0. The minimum absolute atomic E-state index is 0.00952. The van der Waals surface area contributed by atoms with Crippen molar-refractivity contribution >= 4 is 11.9 Å². The lowest BCUT2D eigenvalue weighted by atomic mass is 9.75. The first-order chi connectivity index (χ1) is 9.04. The highest BCUT2D eigenvalue weighted by Crippen LogP contribution is 2.34. The Morgan fingerprint density at radius 1 is 1.15 bits per heavy atom. The lowest BCUT2D eigenvalue weighted by Crippen LogP contribution is -2.49. The number of aliphatic carboxylic acids is 1. The molecule has 0 radical (unpaired) electrons. The molecule has 0 saturated carbocycles. The van der Waals surface area contributed by atoms with Crippen LogP contribution in [0.3, 0.4) is 0 Å². The number of carboxylic acid groups (broad SMARTS) is 1. The second-order valence-corrected chi connectivity index (χ2v) is 7.10. The van der Waals surface area contributed by atoms with Gasteiger partial charge in [0.05, 0.1) is 0 Å². The maximum atomic E-state index is 12.4. The molecule has 0 saturated heterocycles. The Hall–Kier alpha value is -1.32. The number of carboxylic acids is 1. The number of allylic oxidation sites excluding steroid dienone is 2. The summed E-state index contributed by atoms with van der Waals surface area (Å²) in [7, 11) is 0. The molecule has 0 aliphatic heterocycles. The summed E-state index contributed by atoms with van der Waals surface area (Å²) < 4.78 is 0. The number of rotatable bonds is 3. The van der Waals surface area contributed by atoms with Crippen molar-refractivity contribution in [2.75, 3.05) is 0 Å². The van der Waals surface area contributed by atoms with Crippen LogP contribution in [0.2, 0.25) is 0 Å². The van der Waals surface area contributed by atoms with E-state index < -0.39 is 17.8 Å². The maximum Gasteiger partial charge on any atom is 0.224 e. The van der Waals surface area contributed by atoms with E-state index in [9.17, 15) is 14.7 Å². The molecular weight excluding hydrogens is 254 g/mol. The standard InChI is InChI=1S/C16H27NO3/c1-9-7-12(13(15(19)20)8-10(9)2)14(18)17-11(3)16(4,5)6/h11-13H,7-8H2,1-6H3,(H,17,18)(H,19,20)/p-1/t11-,12-,13-/m0/s1. The molecule has 1 rings (SSSR count). The van der Waals surface area contributed by atoms with Gasteiger partial charge in [0.15, 0.2) is 0 Å². The first-order valence-corrected chi connectivity index (χ1v) is 7.20. The summed E-state index contributed by atoms with van der Waals surface area (Å²) in [5.74, 6) is -2.53. The summed E-state index contributed by atoms with van der Waals surface area (Å²) in [4.78, 5) is 23.7. The molecule has 1 aliphatic carbocycles. The molecule has 1 aliphatic rings. The van der Waals surface area contributed by atoms with E-state index >= 15 is 0 Å². The molecule has 1 amide bonds. The number of hydrogen-bond acceptors (Lipinski definition) is 3. The zero-order valence-corrected chi connectivity index (χ0v) is 13.4. The van der Waals surface area contributed by atoms with Gasteiger partial charge in [0.25, 0.3) is 0 Å². The molecule has 0 fully saturated rings.